The van der Waals surface area contributed by atoms with E-state index >= 15 is 0 Å². The van der Waals surface area contributed by atoms with Crippen molar-refractivity contribution in [1.82, 2.24) is 19.2 Å². The van der Waals surface area contributed by atoms with Crippen LogP contribution in [0, 0.1) is 0 Å². The van der Waals surface area contributed by atoms with Gasteiger partial charge in [0, 0.05) is 19.4 Å². The van der Waals surface area contributed by atoms with Gasteiger partial charge >= 0.3 is 0 Å². The van der Waals surface area contributed by atoms with Gasteiger partial charge in [0.25, 0.3) is 0 Å². The van der Waals surface area contributed by atoms with E-state index in [9.17, 15) is 0 Å². The molecule has 5 heteroatoms. The number of aromatic nitrogens is 4. The molecule has 0 aliphatic rings. The molecule has 0 aliphatic heterocycles. The molecular formula is C5H5BrN4. The van der Waals surface area contributed by atoms with Crippen LogP contribution in [0.4, 0.5) is 0 Å². The van der Waals surface area contributed by atoms with Gasteiger partial charge in [-0.15, -0.1) is 10.2 Å². The van der Waals surface area contributed by atoms with E-state index in [2.05, 4.69) is 26.1 Å². The summed E-state index contributed by atoms with van der Waals surface area (Å²) < 4.78 is 4.50. The Morgan fingerprint density at radius 3 is 2.90 bits per heavy atom. The second kappa shape index (κ2) is 1.82. The molecule has 0 saturated heterocycles. The lowest BCUT2D eigenvalue weighted by Crippen LogP contribution is -1.85. The van der Waals surface area contributed by atoms with Gasteiger partial charge in [0.1, 0.15) is 0 Å². The van der Waals surface area contributed by atoms with E-state index < -0.39 is 0 Å². The fourth-order valence-corrected chi connectivity index (χ4v) is 1.22. The Morgan fingerprint density at radius 1 is 1.40 bits per heavy atom. The molecule has 0 bridgehead atoms. The van der Waals surface area contributed by atoms with E-state index in [-0.39, 0.29) is 0 Å². The van der Waals surface area contributed by atoms with E-state index in [1.807, 2.05) is 28.4 Å². The van der Waals surface area contributed by atoms with Gasteiger partial charge in [-0.1, -0.05) is 0 Å². The summed E-state index contributed by atoms with van der Waals surface area (Å²) >= 11 is 3.26. The standard InChI is InChI=1S/C5H5BrN4/c1-9-2-3-10-4(6)7-8-5(9)10/h2-3H,1H3. The largest absolute Gasteiger partial charge is 0.319 e. The Balaban J connectivity index is 2.95. The topological polar surface area (TPSA) is 35.1 Å². The number of hydrogen-bond acceptors (Lipinski definition) is 2. The van der Waals surface area contributed by atoms with E-state index in [1.165, 1.54) is 0 Å². The van der Waals surface area contributed by atoms with Crippen LogP contribution in [0.1, 0.15) is 0 Å². The van der Waals surface area contributed by atoms with Crippen molar-refractivity contribution in [3.63, 3.8) is 0 Å². The van der Waals surface area contributed by atoms with Gasteiger partial charge in [0.15, 0.2) is 0 Å². The summed E-state index contributed by atoms with van der Waals surface area (Å²) in [5.74, 6) is 0.840. The molecule has 0 N–H and O–H groups in total. The highest BCUT2D eigenvalue weighted by Crippen LogP contribution is 2.08. The van der Waals surface area contributed by atoms with Gasteiger partial charge in [-0.3, -0.25) is 4.40 Å². The van der Waals surface area contributed by atoms with Crippen LogP contribution in [0.25, 0.3) is 5.78 Å². The molecule has 2 aromatic rings. The summed E-state index contributed by atoms with van der Waals surface area (Å²) in [6, 6.07) is 0. The Morgan fingerprint density at radius 2 is 2.20 bits per heavy atom. The zero-order valence-corrected chi connectivity index (χ0v) is 6.91. The summed E-state index contributed by atoms with van der Waals surface area (Å²) in [4.78, 5) is 0. The van der Waals surface area contributed by atoms with Crippen LogP contribution in [0.2, 0.25) is 0 Å². The maximum Gasteiger partial charge on any atom is 0.235 e. The van der Waals surface area contributed by atoms with Crippen LogP contribution < -0.4 is 0 Å². The highest BCUT2D eigenvalue weighted by molar-refractivity contribution is 9.10. The summed E-state index contributed by atoms with van der Waals surface area (Å²) in [5.41, 5.74) is 0. The average Bonchev–Trinajstić information content (AvgIpc) is 2.41. The molecule has 0 unspecified atom stereocenters. The summed E-state index contributed by atoms with van der Waals surface area (Å²) in [6.07, 6.45) is 3.83. The highest BCUT2D eigenvalue weighted by Gasteiger charge is 2.02. The first-order valence-electron chi connectivity index (χ1n) is 2.80. The number of halogens is 1. The van der Waals surface area contributed by atoms with Gasteiger partial charge in [-0.05, 0) is 15.9 Å². The minimum atomic E-state index is 0.739. The molecule has 0 aromatic carbocycles. The number of aryl methyl sites for hydroxylation is 1. The predicted octanol–water partition coefficient (Wildman–Crippen LogP) is 0.830. The fraction of sp³-hybridized carbons (Fsp3) is 0.200. The molecule has 0 fully saturated rings. The van der Waals surface area contributed by atoms with Crippen molar-refractivity contribution in [2.45, 2.75) is 0 Å². The van der Waals surface area contributed by atoms with Crippen LogP contribution in [0.5, 0.6) is 0 Å². The lowest BCUT2D eigenvalue weighted by atomic mass is 10.9. The number of fused-ring (bicyclic) bond motifs is 1. The average molecular weight is 201 g/mol. The summed E-state index contributed by atoms with van der Waals surface area (Å²) in [6.45, 7) is 0. The predicted molar refractivity (Wildman–Crippen MR) is 39.7 cm³/mol. The Labute approximate surface area is 65.6 Å². The molecule has 0 saturated carbocycles. The fourth-order valence-electron chi connectivity index (χ4n) is 0.867. The first kappa shape index (κ1) is 5.91. The smallest absolute Gasteiger partial charge is 0.235 e. The van der Waals surface area contributed by atoms with Crippen LogP contribution in [0.15, 0.2) is 17.1 Å². The van der Waals surface area contributed by atoms with Gasteiger partial charge in [0.2, 0.25) is 10.5 Å². The monoisotopic (exact) mass is 200 g/mol. The second-order valence-corrected chi connectivity index (χ2v) is 2.76. The second-order valence-electron chi connectivity index (χ2n) is 2.05. The Bertz CT molecular complexity index is 324. The molecule has 0 spiro atoms. The first-order chi connectivity index (χ1) is 4.79. The van der Waals surface area contributed by atoms with Gasteiger partial charge in [-0.2, -0.15) is 0 Å². The van der Waals surface area contributed by atoms with Crippen molar-refractivity contribution >= 4 is 21.7 Å². The molecule has 0 aliphatic carbocycles. The Hall–Kier alpha value is -0.840. The zero-order chi connectivity index (χ0) is 7.14. The molecule has 10 heavy (non-hydrogen) atoms. The number of hydrogen-bond donors (Lipinski definition) is 0. The van der Waals surface area contributed by atoms with Gasteiger partial charge in [-0.25, -0.2) is 0 Å². The van der Waals surface area contributed by atoms with Crippen LogP contribution in [0.3, 0.4) is 0 Å². The SMILES string of the molecule is Cn1ccn2c(Br)nnc12. The van der Waals surface area contributed by atoms with Crippen molar-refractivity contribution in [1.29, 1.82) is 0 Å². The van der Waals surface area contributed by atoms with Crippen molar-refractivity contribution < 1.29 is 0 Å². The van der Waals surface area contributed by atoms with Gasteiger partial charge in [0.05, 0.1) is 0 Å². The molecule has 4 nitrogen and oxygen atoms in total. The van der Waals surface area contributed by atoms with E-state index in [1.54, 1.807) is 0 Å². The summed E-state index contributed by atoms with van der Waals surface area (Å²) in [5, 5.41) is 7.73. The van der Waals surface area contributed by atoms with Crippen LogP contribution >= 0.6 is 15.9 Å². The third-order valence-corrected chi connectivity index (χ3v) is 1.93. The highest BCUT2D eigenvalue weighted by atomic mass is 79.9. The third-order valence-electron chi connectivity index (χ3n) is 1.39. The molecule has 0 atom stereocenters. The minimum absolute atomic E-state index is 0.739. The zero-order valence-electron chi connectivity index (χ0n) is 5.32. The molecular weight excluding hydrogens is 196 g/mol. The number of imidazole rings is 1. The third kappa shape index (κ3) is 0.607. The van der Waals surface area contributed by atoms with Gasteiger partial charge < -0.3 is 4.57 Å². The number of rotatable bonds is 0. The molecule has 0 amide bonds. The molecule has 52 valence electrons. The lowest BCUT2D eigenvalue weighted by Gasteiger charge is -1.84. The van der Waals surface area contributed by atoms with Crippen molar-refractivity contribution in [3.8, 4) is 0 Å². The normalized spacial score (nSPS) is 11.0. The lowest BCUT2D eigenvalue weighted by molar-refractivity contribution is 0.923. The van der Waals surface area contributed by atoms with Crippen LogP contribution in [-0.2, 0) is 7.05 Å². The summed E-state index contributed by atoms with van der Waals surface area (Å²) in [7, 11) is 1.93. The van der Waals surface area contributed by atoms with E-state index in [4.69, 9.17) is 0 Å². The maximum atomic E-state index is 3.91. The van der Waals surface area contributed by atoms with Crippen molar-refractivity contribution in [2.75, 3.05) is 0 Å². The molecule has 2 aromatic heterocycles. The van der Waals surface area contributed by atoms with Crippen molar-refractivity contribution in [2.24, 2.45) is 7.05 Å². The quantitative estimate of drug-likeness (QED) is 0.632. The molecule has 0 radical (unpaired) electrons. The van der Waals surface area contributed by atoms with E-state index in [0.717, 1.165) is 10.5 Å². The Kier molecular flexibility index (Phi) is 1.08. The number of nitrogens with zero attached hydrogens (tertiary/aromatic N) is 4. The molecule has 2 rings (SSSR count). The first-order valence-corrected chi connectivity index (χ1v) is 3.60. The van der Waals surface area contributed by atoms with Crippen molar-refractivity contribution in [3.05, 3.63) is 17.1 Å². The van der Waals surface area contributed by atoms with Crippen LogP contribution in [-0.4, -0.2) is 19.2 Å². The minimum Gasteiger partial charge on any atom is -0.319 e. The van der Waals surface area contributed by atoms with E-state index in [0.29, 0.717) is 0 Å². The molecule has 2 heterocycles. The maximum absolute atomic E-state index is 3.91.